The maximum Gasteiger partial charge on any atom is 0.416 e. The Labute approximate surface area is 133 Å². The summed E-state index contributed by atoms with van der Waals surface area (Å²) >= 11 is 0. The fourth-order valence-corrected chi connectivity index (χ4v) is 2.43. The summed E-state index contributed by atoms with van der Waals surface area (Å²) in [5.41, 5.74) is -0.729. The maximum absolute atomic E-state index is 12.7. The summed E-state index contributed by atoms with van der Waals surface area (Å²) in [4.78, 5) is 2.08. The first-order valence-corrected chi connectivity index (χ1v) is 7.70. The second-order valence-electron chi connectivity index (χ2n) is 5.65. The molecule has 1 fully saturated rings. The summed E-state index contributed by atoms with van der Waals surface area (Å²) in [6, 6.07) is 4.82. The smallest absolute Gasteiger partial charge is 0.416 e. The summed E-state index contributed by atoms with van der Waals surface area (Å²) in [5, 5.41) is 9.69. The van der Waals surface area contributed by atoms with Crippen molar-refractivity contribution in [2.75, 3.05) is 32.8 Å². The number of ether oxygens (including phenoxy) is 2. The third kappa shape index (κ3) is 5.67. The Balaban J connectivity index is 1.86. The Morgan fingerprint density at radius 2 is 2.22 bits per heavy atom. The highest BCUT2D eigenvalue weighted by Gasteiger charge is 2.30. The van der Waals surface area contributed by atoms with Gasteiger partial charge in [-0.2, -0.15) is 13.2 Å². The van der Waals surface area contributed by atoms with Crippen LogP contribution >= 0.6 is 0 Å². The number of morpholine rings is 1. The van der Waals surface area contributed by atoms with E-state index in [1.54, 1.807) is 0 Å². The van der Waals surface area contributed by atoms with Crippen LogP contribution in [0, 0.1) is 0 Å². The molecular weight excluding hydrogens is 311 g/mol. The summed E-state index contributed by atoms with van der Waals surface area (Å²) < 4.78 is 49.0. The van der Waals surface area contributed by atoms with Gasteiger partial charge in [0.15, 0.2) is 0 Å². The number of hydrogen-bond donors (Lipinski definition) is 1. The van der Waals surface area contributed by atoms with Gasteiger partial charge in [0.05, 0.1) is 18.3 Å². The summed E-state index contributed by atoms with van der Waals surface area (Å²) in [5.74, 6) is 0.175. The molecule has 23 heavy (non-hydrogen) atoms. The van der Waals surface area contributed by atoms with Gasteiger partial charge >= 0.3 is 6.18 Å². The van der Waals surface area contributed by atoms with Gasteiger partial charge in [0.1, 0.15) is 18.5 Å². The summed E-state index contributed by atoms with van der Waals surface area (Å²) in [6.45, 7) is 4.51. The van der Waals surface area contributed by atoms with Gasteiger partial charge < -0.3 is 14.6 Å². The van der Waals surface area contributed by atoms with Crippen LogP contribution in [0.5, 0.6) is 5.75 Å². The van der Waals surface area contributed by atoms with Crippen molar-refractivity contribution in [2.45, 2.75) is 31.7 Å². The van der Waals surface area contributed by atoms with Crippen LogP contribution in [0.1, 0.15) is 18.9 Å². The fraction of sp³-hybridized carbons (Fsp3) is 0.625. The van der Waals surface area contributed by atoms with Crippen molar-refractivity contribution >= 4 is 0 Å². The van der Waals surface area contributed by atoms with Gasteiger partial charge in [0.2, 0.25) is 0 Å². The number of β-amino-alcohol motifs (C(OH)–C–C–N with tert-alkyl or cyclic N) is 1. The van der Waals surface area contributed by atoms with E-state index < -0.39 is 11.7 Å². The van der Waals surface area contributed by atoms with Crippen molar-refractivity contribution in [3.63, 3.8) is 0 Å². The van der Waals surface area contributed by atoms with Crippen molar-refractivity contribution < 1.29 is 27.8 Å². The Morgan fingerprint density at radius 3 is 2.91 bits per heavy atom. The molecule has 130 valence electrons. The lowest BCUT2D eigenvalue weighted by Gasteiger charge is -2.33. The van der Waals surface area contributed by atoms with Crippen LogP contribution < -0.4 is 4.74 Å². The van der Waals surface area contributed by atoms with Gasteiger partial charge in [-0.25, -0.2) is 0 Å². The van der Waals surface area contributed by atoms with E-state index in [1.165, 1.54) is 12.1 Å². The Kier molecular flexibility index (Phi) is 6.26. The van der Waals surface area contributed by atoms with E-state index in [4.69, 9.17) is 9.47 Å². The van der Waals surface area contributed by atoms with Crippen LogP contribution in [0.15, 0.2) is 24.3 Å². The number of hydrogen-bond acceptors (Lipinski definition) is 4. The highest BCUT2D eigenvalue weighted by atomic mass is 19.4. The molecule has 1 heterocycles. The molecule has 1 saturated heterocycles. The molecule has 0 bridgehead atoms. The average Bonchev–Trinajstić information content (AvgIpc) is 2.52. The Bertz CT molecular complexity index is 496. The zero-order valence-corrected chi connectivity index (χ0v) is 13.1. The molecule has 2 unspecified atom stereocenters. The minimum Gasteiger partial charge on any atom is -0.491 e. The second kappa shape index (κ2) is 7.99. The van der Waals surface area contributed by atoms with E-state index in [-0.39, 0.29) is 24.6 Å². The normalized spacial score (nSPS) is 21.2. The zero-order valence-electron chi connectivity index (χ0n) is 13.1. The third-order valence-electron chi connectivity index (χ3n) is 3.76. The quantitative estimate of drug-likeness (QED) is 0.869. The number of aliphatic hydroxyl groups excluding tert-OH is 1. The number of aliphatic hydroxyl groups is 1. The number of alkyl halides is 3. The Morgan fingerprint density at radius 1 is 1.43 bits per heavy atom. The van der Waals surface area contributed by atoms with Crippen LogP contribution in [0.4, 0.5) is 13.2 Å². The molecule has 2 atom stereocenters. The molecule has 1 aliphatic rings. The number of nitrogens with zero attached hydrogens (tertiary/aromatic N) is 1. The molecule has 0 spiro atoms. The highest BCUT2D eigenvalue weighted by molar-refractivity contribution is 5.30. The predicted octanol–water partition coefficient (Wildman–Crippen LogP) is 2.56. The van der Waals surface area contributed by atoms with Crippen molar-refractivity contribution in [1.29, 1.82) is 0 Å². The second-order valence-corrected chi connectivity index (χ2v) is 5.65. The van der Waals surface area contributed by atoms with E-state index in [1.807, 2.05) is 6.92 Å². The minimum absolute atomic E-state index is 0.175. The van der Waals surface area contributed by atoms with Crippen LogP contribution in [-0.4, -0.2) is 55.1 Å². The monoisotopic (exact) mass is 333 g/mol. The number of benzene rings is 1. The molecule has 0 radical (unpaired) electrons. The van der Waals surface area contributed by atoms with Crippen molar-refractivity contribution in [3.05, 3.63) is 29.8 Å². The standard InChI is InChI=1S/C16H22F3NO3/c1-2-13(21)9-20-6-7-22-15(10-20)11-23-14-5-3-4-12(8-14)16(17,18)19/h3-5,8,13,15,21H,2,6-7,9-11H2,1H3. The summed E-state index contributed by atoms with van der Waals surface area (Å²) in [7, 11) is 0. The molecule has 0 saturated carbocycles. The first-order chi connectivity index (χ1) is 10.9. The number of rotatable bonds is 6. The van der Waals surface area contributed by atoms with Gasteiger partial charge in [0, 0.05) is 19.6 Å². The van der Waals surface area contributed by atoms with Gasteiger partial charge in [-0.05, 0) is 24.6 Å². The lowest BCUT2D eigenvalue weighted by Crippen LogP contribution is -2.47. The van der Waals surface area contributed by atoms with Crippen molar-refractivity contribution in [1.82, 2.24) is 4.90 Å². The average molecular weight is 333 g/mol. The van der Waals surface area contributed by atoms with Gasteiger partial charge in [0.25, 0.3) is 0 Å². The molecule has 1 aromatic carbocycles. The summed E-state index contributed by atoms with van der Waals surface area (Å²) in [6.07, 6.45) is -4.29. The molecule has 1 N–H and O–H groups in total. The first-order valence-electron chi connectivity index (χ1n) is 7.70. The fourth-order valence-electron chi connectivity index (χ4n) is 2.43. The molecule has 0 amide bonds. The predicted molar refractivity (Wildman–Crippen MR) is 79.4 cm³/mol. The van der Waals surface area contributed by atoms with Gasteiger partial charge in [-0.15, -0.1) is 0 Å². The molecule has 1 aromatic rings. The molecule has 1 aliphatic heterocycles. The minimum atomic E-state index is -4.38. The lowest BCUT2D eigenvalue weighted by atomic mass is 10.2. The van der Waals surface area contributed by atoms with E-state index in [2.05, 4.69) is 4.90 Å². The van der Waals surface area contributed by atoms with E-state index in [0.717, 1.165) is 18.7 Å². The van der Waals surface area contributed by atoms with E-state index in [0.29, 0.717) is 26.1 Å². The third-order valence-corrected chi connectivity index (χ3v) is 3.76. The molecule has 0 aromatic heterocycles. The largest absolute Gasteiger partial charge is 0.491 e. The van der Waals surface area contributed by atoms with Crippen LogP contribution in [0.25, 0.3) is 0 Å². The van der Waals surface area contributed by atoms with Crippen LogP contribution in [-0.2, 0) is 10.9 Å². The van der Waals surface area contributed by atoms with E-state index >= 15 is 0 Å². The molecular formula is C16H22F3NO3. The maximum atomic E-state index is 12.7. The van der Waals surface area contributed by atoms with E-state index in [9.17, 15) is 18.3 Å². The lowest BCUT2D eigenvalue weighted by molar-refractivity contribution is -0.137. The topological polar surface area (TPSA) is 41.9 Å². The van der Waals surface area contributed by atoms with Crippen LogP contribution in [0.3, 0.4) is 0 Å². The molecule has 2 rings (SSSR count). The van der Waals surface area contributed by atoms with Crippen molar-refractivity contribution in [3.8, 4) is 5.75 Å². The zero-order chi connectivity index (χ0) is 16.9. The molecule has 0 aliphatic carbocycles. The SMILES string of the molecule is CCC(O)CN1CCOC(COc2cccc(C(F)(F)F)c2)C1. The molecule has 7 heteroatoms. The van der Waals surface area contributed by atoms with Crippen LogP contribution in [0.2, 0.25) is 0 Å². The number of halogens is 3. The first kappa shape index (κ1) is 18.0. The van der Waals surface area contributed by atoms with Gasteiger partial charge in [-0.3, -0.25) is 4.90 Å². The van der Waals surface area contributed by atoms with Gasteiger partial charge in [-0.1, -0.05) is 13.0 Å². The van der Waals surface area contributed by atoms with Crippen molar-refractivity contribution in [2.24, 2.45) is 0 Å². The highest BCUT2D eigenvalue weighted by Crippen LogP contribution is 2.31. The molecule has 4 nitrogen and oxygen atoms in total. The Hall–Kier alpha value is -1.31.